The van der Waals surface area contributed by atoms with E-state index in [0.29, 0.717) is 0 Å². The van der Waals surface area contributed by atoms with Crippen molar-refractivity contribution in [3.05, 3.63) is 29.6 Å². The van der Waals surface area contributed by atoms with E-state index in [1.165, 1.54) is 13.2 Å². The maximum Gasteiger partial charge on any atom is 0.165 e. The summed E-state index contributed by atoms with van der Waals surface area (Å²) >= 11 is 0. The van der Waals surface area contributed by atoms with Crippen LogP contribution in [0.4, 0.5) is 4.39 Å². The zero-order valence-corrected chi connectivity index (χ0v) is 10.0. The van der Waals surface area contributed by atoms with Crippen LogP contribution in [0.5, 0.6) is 5.75 Å². The lowest BCUT2D eigenvalue weighted by molar-refractivity contribution is 0.138. The second-order valence-corrected chi connectivity index (χ2v) is 4.04. The molecule has 2 nitrogen and oxygen atoms in total. The van der Waals surface area contributed by atoms with Gasteiger partial charge in [0.25, 0.3) is 0 Å². The van der Waals surface area contributed by atoms with Gasteiger partial charge in [0, 0.05) is 5.92 Å². The Bertz CT molecular complexity index is 339. The number of methoxy groups -OCH3 is 1. The fraction of sp³-hybridized carbons (Fsp3) is 0.538. The van der Waals surface area contributed by atoms with Gasteiger partial charge in [-0.2, -0.15) is 0 Å². The summed E-state index contributed by atoms with van der Waals surface area (Å²) in [7, 11) is 1.44. The first-order chi connectivity index (χ1) is 7.60. The molecule has 0 radical (unpaired) electrons. The Hall–Kier alpha value is -1.09. The molecule has 0 aliphatic heterocycles. The number of ether oxygens (including phenoxy) is 1. The van der Waals surface area contributed by atoms with Gasteiger partial charge >= 0.3 is 0 Å². The summed E-state index contributed by atoms with van der Waals surface area (Å²) in [6, 6.07) is 4.83. The number of aliphatic hydroxyl groups excluding tert-OH is 1. The van der Waals surface area contributed by atoms with Crippen molar-refractivity contribution in [3.63, 3.8) is 0 Å². The molecule has 0 bridgehead atoms. The van der Waals surface area contributed by atoms with Gasteiger partial charge < -0.3 is 9.84 Å². The number of hydrogen-bond acceptors (Lipinski definition) is 2. The molecular weight excluding hydrogens is 207 g/mol. The summed E-state index contributed by atoms with van der Waals surface area (Å²) in [6.45, 7) is 3.92. The molecule has 1 aromatic rings. The van der Waals surface area contributed by atoms with Crippen LogP contribution in [0.1, 0.15) is 38.2 Å². The van der Waals surface area contributed by atoms with Crippen LogP contribution in [0.2, 0.25) is 0 Å². The van der Waals surface area contributed by atoms with Crippen LogP contribution in [0.15, 0.2) is 18.2 Å². The van der Waals surface area contributed by atoms with Gasteiger partial charge in [-0.15, -0.1) is 0 Å². The van der Waals surface area contributed by atoms with Crippen molar-refractivity contribution in [2.24, 2.45) is 0 Å². The SMILES string of the molecule is CCCC(O)C(C)c1ccc(OC)c(F)c1. The number of hydrogen-bond donors (Lipinski definition) is 1. The molecule has 1 aromatic carbocycles. The van der Waals surface area contributed by atoms with Gasteiger partial charge in [0.2, 0.25) is 0 Å². The Morgan fingerprint density at radius 3 is 2.62 bits per heavy atom. The van der Waals surface area contributed by atoms with Crippen molar-refractivity contribution < 1.29 is 14.2 Å². The lowest BCUT2D eigenvalue weighted by atomic mass is 9.92. The molecule has 0 aromatic heterocycles. The average molecular weight is 226 g/mol. The van der Waals surface area contributed by atoms with E-state index in [9.17, 15) is 9.50 Å². The first-order valence-corrected chi connectivity index (χ1v) is 5.61. The lowest BCUT2D eigenvalue weighted by Gasteiger charge is -2.19. The molecule has 0 saturated heterocycles. The fourth-order valence-corrected chi connectivity index (χ4v) is 1.73. The minimum absolute atomic E-state index is 0.0552. The van der Waals surface area contributed by atoms with Crippen LogP contribution < -0.4 is 4.74 Å². The molecule has 2 atom stereocenters. The Balaban J connectivity index is 2.84. The van der Waals surface area contributed by atoms with Crippen molar-refractivity contribution in [1.29, 1.82) is 0 Å². The molecule has 2 unspecified atom stereocenters. The van der Waals surface area contributed by atoms with E-state index < -0.39 is 6.10 Å². The second-order valence-electron chi connectivity index (χ2n) is 4.04. The van der Waals surface area contributed by atoms with Crippen molar-refractivity contribution in [2.75, 3.05) is 7.11 Å². The van der Waals surface area contributed by atoms with E-state index in [1.54, 1.807) is 12.1 Å². The third-order valence-corrected chi connectivity index (χ3v) is 2.86. The van der Waals surface area contributed by atoms with Gasteiger partial charge in [-0.25, -0.2) is 4.39 Å². The van der Waals surface area contributed by atoms with Gasteiger partial charge in [0.15, 0.2) is 11.6 Å². The average Bonchev–Trinajstić information content (AvgIpc) is 2.28. The Morgan fingerprint density at radius 1 is 1.44 bits per heavy atom. The largest absolute Gasteiger partial charge is 0.494 e. The predicted molar refractivity (Wildman–Crippen MR) is 62.3 cm³/mol. The number of halogens is 1. The third-order valence-electron chi connectivity index (χ3n) is 2.86. The van der Waals surface area contributed by atoms with Crippen molar-refractivity contribution in [3.8, 4) is 5.75 Å². The quantitative estimate of drug-likeness (QED) is 0.836. The molecule has 1 rings (SSSR count). The number of benzene rings is 1. The Labute approximate surface area is 96.1 Å². The van der Waals surface area contributed by atoms with Gasteiger partial charge in [-0.05, 0) is 24.1 Å². The van der Waals surface area contributed by atoms with Crippen LogP contribution in [-0.4, -0.2) is 18.3 Å². The highest BCUT2D eigenvalue weighted by Gasteiger charge is 2.16. The first kappa shape index (κ1) is 13.0. The maximum atomic E-state index is 13.5. The number of rotatable bonds is 5. The topological polar surface area (TPSA) is 29.5 Å². The van der Waals surface area contributed by atoms with E-state index >= 15 is 0 Å². The molecule has 3 heteroatoms. The van der Waals surface area contributed by atoms with E-state index in [0.717, 1.165) is 18.4 Å². The van der Waals surface area contributed by atoms with Crippen molar-refractivity contribution in [1.82, 2.24) is 0 Å². The van der Waals surface area contributed by atoms with Crippen LogP contribution >= 0.6 is 0 Å². The summed E-state index contributed by atoms with van der Waals surface area (Å²) < 4.78 is 18.3. The van der Waals surface area contributed by atoms with E-state index in [1.807, 2.05) is 13.8 Å². The Kier molecular flexibility index (Phi) is 4.74. The van der Waals surface area contributed by atoms with Crippen molar-refractivity contribution >= 4 is 0 Å². The minimum Gasteiger partial charge on any atom is -0.494 e. The van der Waals surface area contributed by atoms with Crippen molar-refractivity contribution in [2.45, 2.75) is 38.7 Å². The molecule has 0 aliphatic carbocycles. The highest BCUT2D eigenvalue weighted by Crippen LogP contribution is 2.26. The molecule has 0 fully saturated rings. The molecule has 0 heterocycles. The van der Waals surface area contributed by atoms with E-state index in [2.05, 4.69) is 0 Å². The Morgan fingerprint density at radius 2 is 2.12 bits per heavy atom. The zero-order valence-electron chi connectivity index (χ0n) is 10.0. The van der Waals surface area contributed by atoms with E-state index in [-0.39, 0.29) is 17.5 Å². The van der Waals surface area contributed by atoms with Crippen LogP contribution in [0.25, 0.3) is 0 Å². The molecule has 0 aliphatic rings. The van der Waals surface area contributed by atoms with Gasteiger partial charge in [-0.3, -0.25) is 0 Å². The normalized spacial score (nSPS) is 14.6. The van der Waals surface area contributed by atoms with Crippen LogP contribution in [-0.2, 0) is 0 Å². The van der Waals surface area contributed by atoms with Crippen LogP contribution in [0, 0.1) is 5.82 Å². The molecular formula is C13H19FO2. The molecule has 0 spiro atoms. The van der Waals surface area contributed by atoms with E-state index in [4.69, 9.17) is 4.74 Å². The zero-order chi connectivity index (χ0) is 12.1. The first-order valence-electron chi connectivity index (χ1n) is 5.61. The molecule has 0 saturated carbocycles. The second kappa shape index (κ2) is 5.85. The fourth-order valence-electron chi connectivity index (χ4n) is 1.73. The van der Waals surface area contributed by atoms with Crippen LogP contribution in [0.3, 0.4) is 0 Å². The molecule has 1 N–H and O–H groups in total. The molecule has 16 heavy (non-hydrogen) atoms. The summed E-state index contributed by atoms with van der Waals surface area (Å²) in [6.07, 6.45) is 1.23. The van der Waals surface area contributed by atoms with Gasteiger partial charge in [0.05, 0.1) is 13.2 Å². The van der Waals surface area contributed by atoms with Gasteiger partial charge in [0.1, 0.15) is 0 Å². The number of aliphatic hydroxyl groups is 1. The summed E-state index contributed by atoms with van der Waals surface area (Å²) in [4.78, 5) is 0. The summed E-state index contributed by atoms with van der Waals surface area (Å²) in [5.74, 6) is -0.197. The smallest absolute Gasteiger partial charge is 0.165 e. The highest BCUT2D eigenvalue weighted by atomic mass is 19.1. The molecule has 0 amide bonds. The standard InChI is InChI=1S/C13H19FO2/c1-4-5-12(15)9(2)10-6-7-13(16-3)11(14)8-10/h6-9,12,15H,4-5H2,1-3H3. The summed E-state index contributed by atoms with van der Waals surface area (Å²) in [5.41, 5.74) is 0.805. The highest BCUT2D eigenvalue weighted by molar-refractivity contribution is 5.31. The third kappa shape index (κ3) is 2.95. The lowest BCUT2D eigenvalue weighted by Crippen LogP contribution is -2.15. The monoisotopic (exact) mass is 226 g/mol. The predicted octanol–water partition coefficient (Wildman–Crippen LogP) is 3.10. The van der Waals surface area contributed by atoms with Gasteiger partial charge in [-0.1, -0.05) is 26.3 Å². The minimum atomic E-state index is -0.419. The summed E-state index contributed by atoms with van der Waals surface area (Å²) in [5, 5.41) is 9.83. The maximum absolute atomic E-state index is 13.5. The molecule has 90 valence electrons.